The Hall–Kier alpha value is -0.300. The molecular formula is C21H31ClO. The van der Waals surface area contributed by atoms with Crippen molar-refractivity contribution in [2.24, 2.45) is 34.5 Å². The number of carbonyl (C=O) groups is 1. The molecule has 3 fully saturated rings. The maximum absolute atomic E-state index is 11.5. The van der Waals surface area contributed by atoms with Crippen molar-refractivity contribution >= 4 is 17.9 Å². The fourth-order valence-electron chi connectivity index (χ4n) is 7.23. The number of allylic oxidation sites excluding steroid dienone is 2. The lowest BCUT2D eigenvalue weighted by Crippen LogP contribution is -2.51. The molecule has 4 aliphatic rings. The van der Waals surface area contributed by atoms with E-state index in [0.29, 0.717) is 11.3 Å². The first-order valence-electron chi connectivity index (χ1n) is 9.85. The largest absolute Gasteiger partial charge is 0.298 e. The highest BCUT2D eigenvalue weighted by molar-refractivity contribution is 6.32. The van der Waals surface area contributed by atoms with Crippen LogP contribution in [0, 0.1) is 34.5 Å². The number of aldehydes is 1. The van der Waals surface area contributed by atoms with Gasteiger partial charge in [0.2, 0.25) is 0 Å². The van der Waals surface area contributed by atoms with Crippen LogP contribution in [0.3, 0.4) is 0 Å². The number of hydrogen-bond acceptors (Lipinski definition) is 1. The summed E-state index contributed by atoms with van der Waals surface area (Å²) in [6.07, 6.45) is 14.5. The summed E-state index contributed by atoms with van der Waals surface area (Å²) in [4.78, 5) is 11.5. The van der Waals surface area contributed by atoms with Crippen LogP contribution in [0.15, 0.2) is 10.6 Å². The molecule has 4 aliphatic carbocycles. The second kappa shape index (κ2) is 5.61. The van der Waals surface area contributed by atoms with Gasteiger partial charge in [-0.1, -0.05) is 44.7 Å². The molecule has 0 N–H and O–H groups in total. The normalized spacial score (nSPS) is 49.9. The van der Waals surface area contributed by atoms with E-state index in [0.717, 1.165) is 41.1 Å². The van der Waals surface area contributed by atoms with Gasteiger partial charge in [0.25, 0.3) is 0 Å². The summed E-state index contributed by atoms with van der Waals surface area (Å²) in [7, 11) is 0. The molecule has 0 saturated heterocycles. The van der Waals surface area contributed by atoms with Crippen molar-refractivity contribution in [2.45, 2.75) is 78.1 Å². The third-order valence-corrected chi connectivity index (χ3v) is 9.26. The summed E-state index contributed by atoms with van der Waals surface area (Å²) in [6, 6.07) is 0. The minimum atomic E-state index is 0.0902. The molecule has 3 saturated carbocycles. The van der Waals surface area contributed by atoms with Gasteiger partial charge >= 0.3 is 0 Å². The maximum atomic E-state index is 11.5. The zero-order chi connectivity index (χ0) is 16.2. The minimum absolute atomic E-state index is 0.0902. The fraction of sp³-hybridized carbons (Fsp3) is 0.857. The van der Waals surface area contributed by atoms with E-state index >= 15 is 0 Å². The Balaban J connectivity index is 1.66. The van der Waals surface area contributed by atoms with Crippen LogP contribution >= 0.6 is 11.6 Å². The predicted molar refractivity (Wildman–Crippen MR) is 95.3 cm³/mol. The Morgan fingerprint density at radius 3 is 2.61 bits per heavy atom. The predicted octanol–water partition coefficient (Wildman–Crippen LogP) is 6.11. The van der Waals surface area contributed by atoms with E-state index in [4.69, 9.17) is 11.6 Å². The number of hydrogen-bond donors (Lipinski definition) is 0. The molecule has 0 aromatic heterocycles. The van der Waals surface area contributed by atoms with Gasteiger partial charge in [-0.25, -0.2) is 0 Å². The monoisotopic (exact) mass is 334 g/mol. The van der Waals surface area contributed by atoms with E-state index in [1.54, 1.807) is 0 Å². The molecule has 0 radical (unpaired) electrons. The number of halogens is 1. The van der Waals surface area contributed by atoms with Gasteiger partial charge < -0.3 is 0 Å². The first-order valence-corrected chi connectivity index (χ1v) is 10.2. The van der Waals surface area contributed by atoms with Crippen molar-refractivity contribution in [1.29, 1.82) is 0 Å². The Bertz CT molecular complexity index is 538. The molecule has 0 heterocycles. The standard InChI is InChI=1S/C21H31ClO/c1-20-10-5-3-4-6-15(20)7-8-16-17(20)9-11-21(2)18(16)12-14(13-23)19(21)22/h13,15-18H,3-12H2,1-2H3/t15-,16?,17+,18+,20+,21+/m1/s1. The van der Waals surface area contributed by atoms with E-state index in [-0.39, 0.29) is 5.41 Å². The molecule has 0 spiro atoms. The van der Waals surface area contributed by atoms with Gasteiger partial charge in [0, 0.05) is 16.0 Å². The summed E-state index contributed by atoms with van der Waals surface area (Å²) in [6.45, 7) is 4.96. The highest BCUT2D eigenvalue weighted by atomic mass is 35.5. The van der Waals surface area contributed by atoms with Crippen molar-refractivity contribution in [2.75, 3.05) is 0 Å². The first-order chi connectivity index (χ1) is 11.0. The SMILES string of the molecule is C[C@]12CCCCC[C@@H]1CCC1[C@@H]2CC[C@]2(C)C(Cl)=C(C=O)C[C@@H]12. The lowest BCUT2D eigenvalue weighted by Gasteiger charge is -2.58. The molecule has 2 heteroatoms. The molecule has 0 amide bonds. The quantitative estimate of drug-likeness (QED) is 0.528. The van der Waals surface area contributed by atoms with E-state index in [9.17, 15) is 4.79 Å². The van der Waals surface area contributed by atoms with Crippen molar-refractivity contribution in [3.05, 3.63) is 10.6 Å². The van der Waals surface area contributed by atoms with E-state index in [1.165, 1.54) is 57.8 Å². The van der Waals surface area contributed by atoms with Gasteiger partial charge in [-0.15, -0.1) is 0 Å². The van der Waals surface area contributed by atoms with Crippen LogP contribution in [0.2, 0.25) is 0 Å². The zero-order valence-corrected chi connectivity index (χ0v) is 15.5. The molecule has 4 rings (SSSR count). The topological polar surface area (TPSA) is 17.1 Å². The Morgan fingerprint density at radius 1 is 1.00 bits per heavy atom. The summed E-state index contributed by atoms with van der Waals surface area (Å²) in [5.74, 6) is 3.23. The Kier molecular flexibility index (Phi) is 3.95. The molecule has 0 aromatic rings. The smallest absolute Gasteiger partial charge is 0.147 e. The second-order valence-corrected chi connectivity index (χ2v) is 9.75. The van der Waals surface area contributed by atoms with Crippen molar-refractivity contribution in [3.63, 3.8) is 0 Å². The number of carbonyl (C=O) groups excluding carboxylic acids is 1. The van der Waals surface area contributed by atoms with Crippen LogP contribution in [0.25, 0.3) is 0 Å². The van der Waals surface area contributed by atoms with Gasteiger partial charge in [-0.05, 0) is 74.0 Å². The average molecular weight is 335 g/mol. The van der Waals surface area contributed by atoms with Crippen LogP contribution in [0.4, 0.5) is 0 Å². The molecule has 1 unspecified atom stereocenters. The summed E-state index contributed by atoms with van der Waals surface area (Å²) in [5.41, 5.74) is 1.55. The summed E-state index contributed by atoms with van der Waals surface area (Å²) < 4.78 is 0. The van der Waals surface area contributed by atoms with E-state index in [1.807, 2.05) is 0 Å². The Labute approximate surface area is 146 Å². The highest BCUT2D eigenvalue weighted by Gasteiger charge is 2.58. The second-order valence-electron chi connectivity index (χ2n) is 9.37. The molecule has 0 aromatic carbocycles. The fourth-order valence-corrected chi connectivity index (χ4v) is 7.59. The van der Waals surface area contributed by atoms with Crippen LogP contribution in [0.1, 0.15) is 78.1 Å². The van der Waals surface area contributed by atoms with Crippen molar-refractivity contribution in [1.82, 2.24) is 0 Å². The van der Waals surface area contributed by atoms with Gasteiger partial charge in [0.15, 0.2) is 0 Å². The van der Waals surface area contributed by atoms with Crippen LogP contribution in [-0.2, 0) is 4.79 Å². The molecule has 23 heavy (non-hydrogen) atoms. The zero-order valence-electron chi connectivity index (χ0n) is 14.7. The lowest BCUT2D eigenvalue weighted by molar-refractivity contribution is -0.105. The third-order valence-electron chi connectivity index (χ3n) is 8.59. The highest BCUT2D eigenvalue weighted by Crippen LogP contribution is 2.67. The number of fused-ring (bicyclic) bond motifs is 5. The maximum Gasteiger partial charge on any atom is 0.147 e. The van der Waals surface area contributed by atoms with Gasteiger partial charge in [0.1, 0.15) is 6.29 Å². The van der Waals surface area contributed by atoms with Crippen molar-refractivity contribution < 1.29 is 4.79 Å². The molecule has 1 nitrogen and oxygen atoms in total. The molecule has 6 atom stereocenters. The van der Waals surface area contributed by atoms with Crippen molar-refractivity contribution in [3.8, 4) is 0 Å². The third kappa shape index (κ3) is 2.21. The first kappa shape index (κ1) is 16.2. The average Bonchev–Trinajstić information content (AvgIpc) is 2.69. The summed E-state index contributed by atoms with van der Waals surface area (Å²) >= 11 is 6.67. The molecule has 0 aliphatic heterocycles. The van der Waals surface area contributed by atoms with E-state index in [2.05, 4.69) is 13.8 Å². The van der Waals surface area contributed by atoms with Gasteiger partial charge in [-0.2, -0.15) is 0 Å². The van der Waals surface area contributed by atoms with Crippen LogP contribution < -0.4 is 0 Å². The molecule has 0 bridgehead atoms. The van der Waals surface area contributed by atoms with E-state index < -0.39 is 0 Å². The molecule has 128 valence electrons. The minimum Gasteiger partial charge on any atom is -0.298 e. The lowest BCUT2D eigenvalue weighted by atomic mass is 9.47. The van der Waals surface area contributed by atoms with Crippen LogP contribution in [-0.4, -0.2) is 6.29 Å². The number of rotatable bonds is 1. The summed E-state index contributed by atoms with van der Waals surface area (Å²) in [5, 5.41) is 0.907. The molecular weight excluding hydrogens is 304 g/mol. The van der Waals surface area contributed by atoms with Crippen LogP contribution in [0.5, 0.6) is 0 Å². The van der Waals surface area contributed by atoms with Gasteiger partial charge in [-0.3, -0.25) is 4.79 Å². The Morgan fingerprint density at radius 2 is 1.83 bits per heavy atom. The van der Waals surface area contributed by atoms with Gasteiger partial charge in [0.05, 0.1) is 0 Å².